The first-order valence-electron chi connectivity index (χ1n) is 5.62. The molecule has 2 aromatic rings. The van der Waals surface area contributed by atoms with Gasteiger partial charge < -0.3 is 10.5 Å². The van der Waals surface area contributed by atoms with E-state index in [0.29, 0.717) is 5.69 Å². The maximum Gasteiger partial charge on any atom is 0.141 e. The smallest absolute Gasteiger partial charge is 0.141 e. The molecule has 17 heavy (non-hydrogen) atoms. The van der Waals surface area contributed by atoms with Crippen molar-refractivity contribution in [1.29, 1.82) is 0 Å². The van der Waals surface area contributed by atoms with Crippen LogP contribution in [0.1, 0.15) is 17.0 Å². The molecule has 4 heteroatoms. The number of ether oxygens (including phenoxy) is 1. The van der Waals surface area contributed by atoms with Crippen molar-refractivity contribution in [3.8, 4) is 5.75 Å². The van der Waals surface area contributed by atoms with E-state index >= 15 is 0 Å². The number of anilines is 1. The molecule has 90 valence electrons. The van der Waals surface area contributed by atoms with Gasteiger partial charge in [0.25, 0.3) is 0 Å². The molecule has 4 nitrogen and oxygen atoms in total. The zero-order valence-corrected chi connectivity index (χ0v) is 10.2. The molecule has 0 atom stereocenters. The van der Waals surface area contributed by atoms with Gasteiger partial charge in [-0.2, -0.15) is 5.10 Å². The Morgan fingerprint density at radius 3 is 2.71 bits per heavy atom. The second-order valence-electron chi connectivity index (χ2n) is 4.12. The van der Waals surface area contributed by atoms with E-state index in [2.05, 4.69) is 16.3 Å². The van der Waals surface area contributed by atoms with Crippen molar-refractivity contribution >= 4 is 5.69 Å². The van der Waals surface area contributed by atoms with Gasteiger partial charge >= 0.3 is 0 Å². The van der Waals surface area contributed by atoms with Gasteiger partial charge in [0, 0.05) is 5.69 Å². The Bertz CT molecular complexity index is 505. The number of rotatable bonds is 4. The molecular weight excluding hydrogens is 214 g/mol. The van der Waals surface area contributed by atoms with E-state index in [1.165, 1.54) is 5.56 Å². The summed E-state index contributed by atoms with van der Waals surface area (Å²) in [5.41, 5.74) is 9.91. The number of hydrogen-bond acceptors (Lipinski definition) is 3. The fourth-order valence-corrected chi connectivity index (χ4v) is 1.81. The number of nitrogens with zero attached hydrogens (tertiary/aromatic N) is 1. The van der Waals surface area contributed by atoms with Crippen molar-refractivity contribution in [3.63, 3.8) is 0 Å². The molecule has 0 amide bonds. The lowest BCUT2D eigenvalue weighted by Crippen LogP contribution is -1.96. The topological polar surface area (TPSA) is 63.9 Å². The predicted molar refractivity (Wildman–Crippen MR) is 68.1 cm³/mol. The molecule has 1 aromatic heterocycles. The Hall–Kier alpha value is -1.97. The molecule has 1 heterocycles. The summed E-state index contributed by atoms with van der Waals surface area (Å²) in [5, 5.41) is 7.15. The minimum absolute atomic E-state index is 0.684. The summed E-state index contributed by atoms with van der Waals surface area (Å²) >= 11 is 0. The maximum absolute atomic E-state index is 5.86. The number of nitrogen functional groups attached to an aromatic ring is 1. The Labute approximate surface area is 101 Å². The quantitative estimate of drug-likeness (QED) is 0.792. The lowest BCUT2D eigenvalue weighted by atomic mass is 10.1. The SMILES string of the molecule is COc1ccc(CCc2cc(C)[nH]n2)cc1N. The van der Waals surface area contributed by atoms with Crippen LogP contribution in [0.15, 0.2) is 24.3 Å². The molecule has 0 spiro atoms. The largest absolute Gasteiger partial charge is 0.495 e. The Kier molecular flexibility index (Phi) is 3.32. The van der Waals surface area contributed by atoms with Crippen molar-refractivity contribution < 1.29 is 4.74 Å². The van der Waals surface area contributed by atoms with E-state index in [-0.39, 0.29) is 0 Å². The molecule has 0 radical (unpaired) electrons. The normalized spacial score (nSPS) is 10.5. The summed E-state index contributed by atoms with van der Waals surface area (Å²) in [4.78, 5) is 0. The van der Waals surface area contributed by atoms with Crippen LogP contribution in [0.4, 0.5) is 5.69 Å². The predicted octanol–water partition coefficient (Wildman–Crippen LogP) is 2.09. The van der Waals surface area contributed by atoms with Crippen LogP contribution in [0.3, 0.4) is 0 Å². The highest BCUT2D eigenvalue weighted by atomic mass is 16.5. The molecule has 0 fully saturated rings. The van der Waals surface area contributed by atoms with Gasteiger partial charge in [-0.1, -0.05) is 6.07 Å². The summed E-state index contributed by atoms with van der Waals surface area (Å²) in [6.07, 6.45) is 1.84. The highest BCUT2D eigenvalue weighted by Gasteiger charge is 2.03. The van der Waals surface area contributed by atoms with Gasteiger partial charge in [-0.15, -0.1) is 0 Å². The number of benzene rings is 1. The molecule has 0 aliphatic rings. The molecule has 0 saturated carbocycles. The molecule has 1 aromatic carbocycles. The van der Waals surface area contributed by atoms with Crippen LogP contribution in [0.25, 0.3) is 0 Å². The number of aryl methyl sites for hydroxylation is 3. The van der Waals surface area contributed by atoms with E-state index in [4.69, 9.17) is 10.5 Å². The maximum atomic E-state index is 5.86. The van der Waals surface area contributed by atoms with Gasteiger partial charge in [-0.3, -0.25) is 5.10 Å². The summed E-state index contributed by atoms with van der Waals surface area (Å²) < 4.78 is 5.12. The molecule has 0 saturated heterocycles. The average Bonchev–Trinajstić information content (AvgIpc) is 2.73. The number of methoxy groups -OCH3 is 1. The van der Waals surface area contributed by atoms with Gasteiger partial charge in [0.2, 0.25) is 0 Å². The van der Waals surface area contributed by atoms with Crippen LogP contribution in [-0.2, 0) is 12.8 Å². The number of nitrogens with one attached hydrogen (secondary N) is 1. The van der Waals surface area contributed by atoms with Gasteiger partial charge in [-0.05, 0) is 43.5 Å². The van der Waals surface area contributed by atoms with Crippen LogP contribution in [0, 0.1) is 6.92 Å². The molecular formula is C13H17N3O. The Morgan fingerprint density at radius 2 is 2.12 bits per heavy atom. The summed E-state index contributed by atoms with van der Waals surface area (Å²) in [6.45, 7) is 2.00. The van der Waals surface area contributed by atoms with Crippen molar-refractivity contribution in [1.82, 2.24) is 10.2 Å². The minimum Gasteiger partial charge on any atom is -0.495 e. The zero-order chi connectivity index (χ0) is 12.3. The number of hydrogen-bond donors (Lipinski definition) is 2. The van der Waals surface area contributed by atoms with Crippen molar-refractivity contribution in [3.05, 3.63) is 41.2 Å². The standard InChI is InChI=1S/C13H17N3O/c1-9-7-11(16-15-9)5-3-10-4-6-13(17-2)12(14)8-10/h4,6-8H,3,5,14H2,1-2H3,(H,15,16). The van der Waals surface area contributed by atoms with Gasteiger partial charge in [-0.25, -0.2) is 0 Å². The molecule has 0 aliphatic carbocycles. The minimum atomic E-state index is 0.684. The first-order valence-corrected chi connectivity index (χ1v) is 5.62. The number of aromatic nitrogens is 2. The van der Waals surface area contributed by atoms with Gasteiger partial charge in [0.05, 0.1) is 18.5 Å². The number of aromatic amines is 1. The molecule has 0 unspecified atom stereocenters. The number of H-pyrrole nitrogens is 1. The lowest BCUT2D eigenvalue weighted by molar-refractivity contribution is 0.417. The first-order chi connectivity index (χ1) is 8.19. The Balaban J connectivity index is 2.02. The van der Waals surface area contributed by atoms with Crippen molar-refractivity contribution in [2.75, 3.05) is 12.8 Å². The zero-order valence-electron chi connectivity index (χ0n) is 10.2. The fourth-order valence-electron chi connectivity index (χ4n) is 1.81. The van der Waals surface area contributed by atoms with E-state index in [9.17, 15) is 0 Å². The monoisotopic (exact) mass is 231 g/mol. The average molecular weight is 231 g/mol. The van der Waals surface area contributed by atoms with E-state index in [1.54, 1.807) is 7.11 Å². The van der Waals surface area contributed by atoms with Crippen LogP contribution >= 0.6 is 0 Å². The van der Waals surface area contributed by atoms with Crippen LogP contribution in [-0.4, -0.2) is 17.3 Å². The van der Waals surface area contributed by atoms with Gasteiger partial charge in [0.1, 0.15) is 5.75 Å². The van der Waals surface area contributed by atoms with Crippen LogP contribution < -0.4 is 10.5 Å². The molecule has 3 N–H and O–H groups in total. The molecule has 0 bridgehead atoms. The van der Waals surface area contributed by atoms with Crippen LogP contribution in [0.5, 0.6) is 5.75 Å². The highest BCUT2D eigenvalue weighted by Crippen LogP contribution is 2.22. The van der Waals surface area contributed by atoms with E-state index in [0.717, 1.165) is 30.0 Å². The molecule has 0 aliphatic heterocycles. The third-order valence-electron chi connectivity index (χ3n) is 2.72. The number of nitrogens with two attached hydrogens (primary N) is 1. The van der Waals surface area contributed by atoms with Crippen molar-refractivity contribution in [2.24, 2.45) is 0 Å². The third kappa shape index (κ3) is 2.78. The summed E-state index contributed by atoms with van der Waals surface area (Å²) in [5.74, 6) is 0.726. The summed E-state index contributed by atoms with van der Waals surface area (Å²) in [6, 6.07) is 7.96. The van der Waals surface area contributed by atoms with E-state index < -0.39 is 0 Å². The van der Waals surface area contributed by atoms with Crippen molar-refractivity contribution in [2.45, 2.75) is 19.8 Å². The third-order valence-corrected chi connectivity index (χ3v) is 2.72. The second kappa shape index (κ2) is 4.91. The fraction of sp³-hybridized carbons (Fsp3) is 0.308. The molecule has 2 rings (SSSR count). The highest BCUT2D eigenvalue weighted by molar-refractivity contribution is 5.54. The first kappa shape index (κ1) is 11.5. The lowest BCUT2D eigenvalue weighted by Gasteiger charge is -2.06. The van der Waals surface area contributed by atoms with Crippen LogP contribution in [0.2, 0.25) is 0 Å². The Morgan fingerprint density at radius 1 is 1.29 bits per heavy atom. The van der Waals surface area contributed by atoms with Gasteiger partial charge in [0.15, 0.2) is 0 Å². The summed E-state index contributed by atoms with van der Waals surface area (Å²) in [7, 11) is 1.62. The second-order valence-corrected chi connectivity index (χ2v) is 4.12. The van der Waals surface area contributed by atoms with E-state index in [1.807, 2.05) is 25.1 Å².